The third-order valence-electron chi connectivity index (χ3n) is 7.42. The van der Waals surface area contributed by atoms with Crippen molar-refractivity contribution in [3.63, 3.8) is 0 Å². The Morgan fingerprint density at radius 2 is 0.740 bits per heavy atom. The van der Waals surface area contributed by atoms with E-state index in [1.807, 2.05) is 22.7 Å². The lowest BCUT2D eigenvalue weighted by Gasteiger charge is -2.01. The van der Waals surface area contributed by atoms with E-state index in [9.17, 15) is 25.9 Å². The molecule has 0 unspecified atom stereocenters. The van der Waals surface area contributed by atoms with Gasteiger partial charge in [-0.15, -0.1) is 0 Å². The van der Waals surface area contributed by atoms with Crippen LogP contribution in [0.2, 0.25) is 0 Å². The highest BCUT2D eigenvalue weighted by molar-refractivity contribution is 7.81. The fraction of sp³-hybridized carbons (Fsp3) is 0.167. The zero-order valence-corrected chi connectivity index (χ0v) is 31.0. The summed E-state index contributed by atoms with van der Waals surface area (Å²) in [6.07, 6.45) is 1.98. The van der Waals surface area contributed by atoms with Crippen LogP contribution in [-0.2, 0) is 56.1 Å². The minimum Gasteiger partial charge on any atom is -0.726 e. The molecule has 262 valence electrons. The van der Waals surface area contributed by atoms with Crippen molar-refractivity contribution in [2.45, 2.75) is 12.8 Å². The predicted molar refractivity (Wildman–Crippen MR) is 194 cm³/mol. The molecular formula is C36H36N2O8S4. The van der Waals surface area contributed by atoms with E-state index >= 15 is 0 Å². The molecule has 0 spiro atoms. The predicted octanol–water partition coefficient (Wildman–Crippen LogP) is 6.10. The highest BCUT2D eigenvalue weighted by Gasteiger charge is 2.29. The zero-order valence-electron chi connectivity index (χ0n) is 27.8. The number of thiazole rings is 2. The molecule has 0 fully saturated rings. The van der Waals surface area contributed by atoms with Crippen LogP contribution in [0.1, 0.15) is 10.0 Å². The van der Waals surface area contributed by atoms with Crippen molar-refractivity contribution < 1.29 is 43.4 Å². The number of aryl methyl sites for hydroxylation is 2. The number of hydrogen-bond donors (Lipinski definition) is 0. The minimum absolute atomic E-state index is 0.808. The Balaban J connectivity index is 0.000000404. The summed E-state index contributed by atoms with van der Waals surface area (Å²) >= 11 is 3.84. The fourth-order valence-corrected chi connectivity index (χ4v) is 7.63. The Morgan fingerprint density at radius 3 is 0.980 bits per heavy atom. The third kappa shape index (κ3) is 10.7. The monoisotopic (exact) mass is 752 g/mol. The van der Waals surface area contributed by atoms with Crippen molar-refractivity contribution in [1.82, 2.24) is 0 Å². The molecule has 0 aliphatic heterocycles. The first-order chi connectivity index (χ1) is 23.8. The Bertz CT molecular complexity index is 2030. The topological polar surface area (TPSA) is 141 Å². The average molecular weight is 753 g/mol. The van der Waals surface area contributed by atoms with Gasteiger partial charge >= 0.3 is 0 Å². The van der Waals surface area contributed by atoms with Crippen LogP contribution in [0.4, 0.5) is 0 Å². The summed E-state index contributed by atoms with van der Waals surface area (Å²) in [7, 11) is -2.76. The maximum atomic E-state index is 9.22. The molecule has 6 aromatic rings. The molecule has 0 aliphatic rings. The average Bonchev–Trinajstić information content (AvgIpc) is 3.64. The van der Waals surface area contributed by atoms with Crippen molar-refractivity contribution in [3.8, 4) is 43.4 Å². The van der Waals surface area contributed by atoms with Gasteiger partial charge in [0.15, 0.2) is 0 Å². The molecule has 0 aliphatic carbocycles. The van der Waals surface area contributed by atoms with Crippen molar-refractivity contribution in [2.24, 2.45) is 14.1 Å². The lowest BCUT2D eigenvalue weighted by atomic mass is 10.1. The van der Waals surface area contributed by atoms with Gasteiger partial charge in [-0.3, -0.25) is 8.37 Å². The van der Waals surface area contributed by atoms with E-state index in [2.05, 4.69) is 153 Å². The van der Waals surface area contributed by atoms with Crippen molar-refractivity contribution >= 4 is 43.5 Å². The summed E-state index contributed by atoms with van der Waals surface area (Å²) in [4.78, 5) is 2.67. The number of benzene rings is 4. The summed E-state index contributed by atoms with van der Waals surface area (Å²) in [6, 6.07) is 43.1. The molecule has 0 radical (unpaired) electrons. The Morgan fingerprint density at radius 1 is 0.500 bits per heavy atom. The Hall–Kier alpha value is -4.12. The van der Waals surface area contributed by atoms with Crippen LogP contribution in [0.15, 0.2) is 121 Å². The first-order valence-corrected chi connectivity index (χ1v) is 19.4. The van der Waals surface area contributed by atoms with E-state index in [1.165, 1.54) is 53.4 Å². The fourth-order valence-electron chi connectivity index (χ4n) is 5.09. The first kappa shape index (κ1) is 38.7. The van der Waals surface area contributed by atoms with Crippen LogP contribution in [-0.4, -0.2) is 40.2 Å². The van der Waals surface area contributed by atoms with Gasteiger partial charge in [0.2, 0.25) is 42.2 Å². The van der Waals surface area contributed by atoms with Crippen LogP contribution in [0.25, 0.3) is 43.4 Å². The van der Waals surface area contributed by atoms with Gasteiger partial charge in [0.1, 0.15) is 23.8 Å². The van der Waals surface area contributed by atoms with Crippen LogP contribution in [0.5, 0.6) is 0 Å². The van der Waals surface area contributed by atoms with Gasteiger partial charge in [-0.2, -0.15) is 9.13 Å². The van der Waals surface area contributed by atoms with Crippen LogP contribution in [0.3, 0.4) is 0 Å². The molecule has 10 nitrogen and oxygen atoms in total. The summed E-state index contributed by atoms with van der Waals surface area (Å²) in [5.74, 6) is 0. The second-order valence-corrected chi connectivity index (χ2v) is 15.0. The summed E-state index contributed by atoms with van der Waals surface area (Å²) in [5.41, 5.74) is 7.66. The highest BCUT2D eigenvalue weighted by Crippen LogP contribution is 2.38. The van der Waals surface area contributed by atoms with E-state index in [-0.39, 0.29) is 0 Å². The lowest BCUT2D eigenvalue weighted by Crippen LogP contribution is -2.35. The van der Waals surface area contributed by atoms with E-state index in [4.69, 9.17) is 0 Å². The Kier molecular flexibility index (Phi) is 13.7. The highest BCUT2D eigenvalue weighted by atomic mass is 32.3. The lowest BCUT2D eigenvalue weighted by molar-refractivity contribution is -0.667. The van der Waals surface area contributed by atoms with Crippen LogP contribution >= 0.6 is 22.7 Å². The van der Waals surface area contributed by atoms with Gasteiger partial charge in [0.05, 0.1) is 27.1 Å². The number of hydrogen-bond acceptors (Lipinski definition) is 10. The first-order valence-electron chi connectivity index (χ1n) is 15.1. The molecule has 0 N–H and O–H groups in total. The van der Waals surface area contributed by atoms with Gasteiger partial charge in [-0.1, -0.05) is 120 Å². The van der Waals surface area contributed by atoms with E-state index in [1.54, 1.807) is 0 Å². The molecule has 0 saturated carbocycles. The molecule has 4 aromatic carbocycles. The van der Waals surface area contributed by atoms with Crippen LogP contribution in [0, 0.1) is 0 Å². The second-order valence-electron chi connectivity index (χ2n) is 10.6. The van der Waals surface area contributed by atoms with Gasteiger partial charge < -0.3 is 9.11 Å². The van der Waals surface area contributed by atoms with Gasteiger partial charge in [-0.25, -0.2) is 16.8 Å². The maximum Gasteiger partial charge on any atom is 0.238 e. The summed E-state index contributed by atoms with van der Waals surface area (Å²) in [5, 5.41) is 2.78. The molecule has 6 rings (SSSR count). The summed E-state index contributed by atoms with van der Waals surface area (Å²) < 4.78 is 66.9. The van der Waals surface area contributed by atoms with Crippen molar-refractivity contribution in [1.29, 1.82) is 0 Å². The minimum atomic E-state index is -4.41. The smallest absolute Gasteiger partial charge is 0.238 e. The van der Waals surface area contributed by atoms with Crippen molar-refractivity contribution in [2.75, 3.05) is 14.2 Å². The molecule has 2 aromatic heterocycles. The quantitative estimate of drug-likeness (QED) is 0.0981. The number of nitrogens with zero attached hydrogens (tertiary/aromatic N) is 2. The standard InChI is InChI=1S/C34H30N2S2.2CH4O4S/c1-35-29(37-33(27-19-11-5-12-20-27)31(35)25-15-7-3-8-16-25)23-24-30-36(2)32(26-17-9-4-10-18-26)34(38-30)28-21-13-6-14-22-28;2*1-5-6(2,3)4/h3-22H,23-24H2,1-2H3;2*1H3,(H,2,3,4)/q+2;;/p-2. The zero-order chi connectivity index (χ0) is 36.3. The molecule has 50 heavy (non-hydrogen) atoms. The largest absolute Gasteiger partial charge is 0.726 e. The SMILES string of the molecule is COS(=O)(=O)[O-].COS(=O)(=O)[O-].C[n+]1c(CCc2sc(-c3ccccc3)c(-c3ccccc3)[n+]2C)sc(-c2ccccc2)c1-c1ccccc1. The molecule has 0 amide bonds. The molecule has 0 saturated heterocycles. The number of aromatic nitrogens is 2. The molecule has 0 atom stereocenters. The van der Waals surface area contributed by atoms with Gasteiger partial charge in [0, 0.05) is 11.1 Å². The van der Waals surface area contributed by atoms with E-state index in [0.717, 1.165) is 27.1 Å². The Labute approximate surface area is 301 Å². The molecular weight excluding hydrogens is 717 g/mol. The normalized spacial score (nSPS) is 11.2. The molecule has 2 heterocycles. The number of rotatable bonds is 9. The van der Waals surface area contributed by atoms with Gasteiger partial charge in [0.25, 0.3) is 0 Å². The van der Waals surface area contributed by atoms with Crippen LogP contribution < -0.4 is 9.13 Å². The third-order valence-corrected chi connectivity index (χ3v) is 10.9. The van der Waals surface area contributed by atoms with E-state index in [0.29, 0.717) is 0 Å². The van der Waals surface area contributed by atoms with Crippen molar-refractivity contribution in [3.05, 3.63) is 131 Å². The summed E-state index contributed by atoms with van der Waals surface area (Å²) in [6.45, 7) is 0. The maximum absolute atomic E-state index is 9.22. The molecule has 14 heteroatoms. The van der Waals surface area contributed by atoms with Gasteiger partial charge in [-0.05, 0) is 35.4 Å². The van der Waals surface area contributed by atoms with E-state index < -0.39 is 20.8 Å². The second kappa shape index (κ2) is 17.7. The molecule has 0 bridgehead atoms.